The molecule has 0 spiro atoms. The van der Waals surface area contributed by atoms with Gasteiger partial charge in [0.25, 0.3) is 0 Å². The van der Waals surface area contributed by atoms with Gasteiger partial charge in [0.1, 0.15) is 66.1 Å². The topological polar surface area (TPSA) is 225 Å². The van der Waals surface area contributed by atoms with Gasteiger partial charge in [-0.1, -0.05) is 25.5 Å². The first-order chi connectivity index (χ1) is 25.6. The number of hydrogen-bond donors (Lipinski definition) is 8. The first-order valence-electron chi connectivity index (χ1n) is 19.5. The Bertz CT molecular complexity index is 1550. The third-order valence-corrected chi connectivity index (χ3v) is 14.5. The van der Waals surface area contributed by atoms with Crippen LogP contribution in [0.4, 0.5) is 0 Å². The zero-order valence-corrected chi connectivity index (χ0v) is 31.4. The molecule has 54 heavy (non-hydrogen) atoms. The molecule has 0 amide bonds. The normalized spacial score (nSPS) is 47.6. The van der Waals surface area contributed by atoms with E-state index in [0.717, 1.165) is 37.7 Å². The highest BCUT2D eigenvalue weighted by Crippen LogP contribution is 2.69. The second-order valence-electron chi connectivity index (χ2n) is 17.2. The third kappa shape index (κ3) is 6.72. The van der Waals surface area contributed by atoms with E-state index in [9.17, 15) is 45.6 Å². The van der Waals surface area contributed by atoms with Gasteiger partial charge in [-0.25, -0.2) is 0 Å². The first-order valence-corrected chi connectivity index (χ1v) is 19.5. The van der Waals surface area contributed by atoms with Crippen molar-refractivity contribution in [3.8, 4) is 11.5 Å². The van der Waals surface area contributed by atoms with Gasteiger partial charge < -0.3 is 64.5 Å². The summed E-state index contributed by atoms with van der Waals surface area (Å²) in [5, 5.41) is 83.3. The van der Waals surface area contributed by atoms with Crippen molar-refractivity contribution < 1.29 is 69.3 Å². The van der Waals surface area contributed by atoms with Gasteiger partial charge in [0.15, 0.2) is 12.6 Å². The number of allylic oxidation sites excluding steroid dienone is 1. The molecule has 0 radical (unpaired) electrons. The molecule has 1 aromatic rings. The average molecular weight is 763 g/mol. The highest BCUT2D eigenvalue weighted by Gasteiger charge is 2.62. The molecule has 3 saturated carbocycles. The quantitative estimate of drug-likeness (QED) is 0.166. The summed E-state index contributed by atoms with van der Waals surface area (Å²) < 4.78 is 28.7. The number of ketones is 1. The summed E-state index contributed by atoms with van der Waals surface area (Å²) in [5.41, 5.74) is 1.79. The Morgan fingerprint density at radius 1 is 0.889 bits per heavy atom. The maximum atomic E-state index is 13.4. The highest BCUT2D eigenvalue weighted by atomic mass is 16.7. The number of ether oxygens (including phenoxy) is 5. The van der Waals surface area contributed by atoms with E-state index in [4.69, 9.17) is 23.7 Å². The molecule has 2 aliphatic heterocycles. The van der Waals surface area contributed by atoms with Gasteiger partial charge in [0.05, 0.1) is 26.4 Å². The van der Waals surface area contributed by atoms with Crippen LogP contribution in [0.3, 0.4) is 0 Å². The molecule has 18 atom stereocenters. The van der Waals surface area contributed by atoms with Gasteiger partial charge in [-0.3, -0.25) is 4.79 Å². The van der Waals surface area contributed by atoms with Crippen molar-refractivity contribution in [2.45, 2.75) is 139 Å². The molecule has 1 aromatic carbocycles. The summed E-state index contributed by atoms with van der Waals surface area (Å²) in [5.74, 6) is 1.79. The predicted molar refractivity (Wildman–Crippen MR) is 190 cm³/mol. The highest BCUT2D eigenvalue weighted by molar-refractivity contribution is 5.81. The lowest BCUT2D eigenvalue weighted by Gasteiger charge is -2.58. The number of benzene rings is 1. The molecule has 302 valence electrons. The van der Waals surface area contributed by atoms with E-state index in [0.29, 0.717) is 36.3 Å². The second kappa shape index (κ2) is 15.3. The molecule has 7 rings (SSSR count). The van der Waals surface area contributed by atoms with Crippen LogP contribution in [0.5, 0.6) is 11.5 Å². The number of phenols is 1. The van der Waals surface area contributed by atoms with Gasteiger partial charge in [-0.2, -0.15) is 0 Å². The molecular formula is C40H58O14. The minimum absolute atomic E-state index is 0.0878. The SMILES string of the molecule is COc1ccc(O)c(C2CC3C4CC=C5CC(OC6O[C@H](CO[C@@H]7O[C@H](CO)[C@@H](O)[C@H](O)[C@H]7O)[C@@H](O)[C@H](O)[C@H]6O)CCC5(C)C4CCC3(C)C2C(C)=O)c1. The van der Waals surface area contributed by atoms with E-state index in [-0.39, 0.29) is 40.3 Å². The minimum atomic E-state index is -1.66. The van der Waals surface area contributed by atoms with E-state index in [2.05, 4.69) is 19.9 Å². The van der Waals surface area contributed by atoms with Crippen LogP contribution in [-0.4, -0.2) is 134 Å². The van der Waals surface area contributed by atoms with Crippen molar-refractivity contribution in [1.29, 1.82) is 0 Å². The van der Waals surface area contributed by atoms with Crippen molar-refractivity contribution in [2.24, 2.45) is 34.5 Å². The van der Waals surface area contributed by atoms with Crippen LogP contribution < -0.4 is 4.74 Å². The molecule has 8 N–H and O–H groups in total. The summed E-state index contributed by atoms with van der Waals surface area (Å²) in [7, 11) is 1.60. The fraction of sp³-hybridized carbons (Fsp3) is 0.775. The van der Waals surface area contributed by atoms with Crippen molar-refractivity contribution >= 4 is 5.78 Å². The van der Waals surface area contributed by atoms with Crippen LogP contribution in [0.2, 0.25) is 0 Å². The molecular weight excluding hydrogens is 704 g/mol. The Morgan fingerprint density at radius 3 is 2.26 bits per heavy atom. The van der Waals surface area contributed by atoms with E-state index in [1.165, 1.54) is 5.57 Å². The molecule has 2 heterocycles. The van der Waals surface area contributed by atoms with E-state index in [1.54, 1.807) is 26.2 Å². The van der Waals surface area contributed by atoms with Crippen molar-refractivity contribution in [3.05, 3.63) is 35.4 Å². The maximum Gasteiger partial charge on any atom is 0.186 e. The molecule has 14 heteroatoms. The number of hydrogen-bond acceptors (Lipinski definition) is 14. The molecule has 2 saturated heterocycles. The second-order valence-corrected chi connectivity index (χ2v) is 17.2. The predicted octanol–water partition coefficient (Wildman–Crippen LogP) is 1.27. The lowest BCUT2D eigenvalue weighted by Crippen LogP contribution is -2.62. The molecule has 0 bridgehead atoms. The number of methoxy groups -OCH3 is 1. The Hall–Kier alpha value is -2.21. The summed E-state index contributed by atoms with van der Waals surface area (Å²) >= 11 is 0. The van der Waals surface area contributed by atoms with Crippen molar-refractivity contribution in [1.82, 2.24) is 0 Å². The molecule has 5 fully saturated rings. The van der Waals surface area contributed by atoms with Crippen molar-refractivity contribution in [2.75, 3.05) is 20.3 Å². The maximum absolute atomic E-state index is 13.4. The Balaban J connectivity index is 1.03. The first kappa shape index (κ1) is 40.0. The third-order valence-electron chi connectivity index (χ3n) is 14.5. The van der Waals surface area contributed by atoms with Gasteiger partial charge in [-0.05, 0) is 105 Å². The number of aromatic hydroxyl groups is 1. The van der Waals surface area contributed by atoms with Crippen LogP contribution in [0.25, 0.3) is 0 Å². The molecule has 14 nitrogen and oxygen atoms in total. The zero-order valence-electron chi connectivity index (χ0n) is 31.4. The molecule has 9 unspecified atom stereocenters. The van der Waals surface area contributed by atoms with Crippen molar-refractivity contribution in [3.63, 3.8) is 0 Å². The smallest absolute Gasteiger partial charge is 0.186 e. The fourth-order valence-corrected chi connectivity index (χ4v) is 11.6. The fourth-order valence-electron chi connectivity index (χ4n) is 11.6. The number of Topliss-reactive ketones (excluding diaryl/α,β-unsaturated/α-hetero) is 1. The summed E-state index contributed by atoms with van der Waals surface area (Å²) in [4.78, 5) is 13.4. The largest absolute Gasteiger partial charge is 0.508 e. The van der Waals surface area contributed by atoms with E-state index in [1.807, 2.05) is 6.07 Å². The Morgan fingerprint density at radius 2 is 1.57 bits per heavy atom. The summed E-state index contributed by atoms with van der Waals surface area (Å²) in [6, 6.07) is 5.29. The van der Waals surface area contributed by atoms with Crippen LogP contribution in [0.15, 0.2) is 29.8 Å². The number of carbonyl (C=O) groups is 1. The lowest BCUT2D eigenvalue weighted by atomic mass is 9.47. The Labute approximate surface area is 315 Å². The standard InChI is InChI=1S/C40H58O14/c1-18(42)30-24(23-14-20(50-4)6-8-27(23)43)15-26-22-7-5-19-13-21(9-11-39(19,2)25(22)10-12-40(26,30)3)52-38-36(49)34(47)32(45)29(54-38)17-51-37-35(48)33(46)31(44)28(16-41)53-37/h5-6,8,14,21-22,24-26,28-38,41,43-49H,7,9-13,15-17H2,1-4H3/t21?,22?,24?,25?,26?,28-,29-,30?,31-,32-,33+,34+,35-,36-,37-,38?,39?,40?/m1/s1. The lowest BCUT2D eigenvalue weighted by molar-refractivity contribution is -0.336. The summed E-state index contributed by atoms with van der Waals surface area (Å²) in [6.07, 6.45) is -7.04. The number of rotatable bonds is 9. The minimum Gasteiger partial charge on any atom is -0.508 e. The molecule has 6 aliphatic rings. The zero-order chi connectivity index (χ0) is 38.9. The van der Waals surface area contributed by atoms with E-state index < -0.39 is 74.6 Å². The number of carbonyl (C=O) groups excluding carboxylic acids is 1. The number of aliphatic hydroxyl groups excluding tert-OH is 7. The monoisotopic (exact) mass is 762 g/mol. The van der Waals surface area contributed by atoms with Gasteiger partial charge in [0.2, 0.25) is 0 Å². The van der Waals surface area contributed by atoms with Gasteiger partial charge in [-0.15, -0.1) is 0 Å². The Kier molecular flexibility index (Phi) is 11.3. The van der Waals surface area contributed by atoms with Crippen LogP contribution in [0.1, 0.15) is 77.2 Å². The molecule has 4 aliphatic carbocycles. The van der Waals surface area contributed by atoms with E-state index >= 15 is 0 Å². The molecule has 0 aromatic heterocycles. The number of phenolic OH excluding ortho intramolecular Hbond substituents is 1. The number of fused-ring (bicyclic) bond motifs is 5. The van der Waals surface area contributed by atoms with Crippen LogP contribution in [0, 0.1) is 34.5 Å². The van der Waals surface area contributed by atoms with Gasteiger partial charge in [0, 0.05) is 11.5 Å². The van der Waals surface area contributed by atoms with Crippen LogP contribution in [-0.2, 0) is 23.7 Å². The summed E-state index contributed by atoms with van der Waals surface area (Å²) in [6.45, 7) is 5.26. The average Bonchev–Trinajstić information content (AvgIpc) is 3.48. The number of aliphatic hydroxyl groups is 7. The van der Waals surface area contributed by atoms with Gasteiger partial charge >= 0.3 is 0 Å². The van der Waals surface area contributed by atoms with Crippen LogP contribution >= 0.6 is 0 Å².